The largest absolute Gasteiger partial charge is 0.355 e. The van der Waals surface area contributed by atoms with Crippen molar-refractivity contribution in [2.75, 3.05) is 26.2 Å². The average molecular weight is 307 g/mol. The zero-order valence-corrected chi connectivity index (χ0v) is 12.8. The van der Waals surface area contributed by atoms with Gasteiger partial charge < -0.3 is 16.0 Å². The van der Waals surface area contributed by atoms with Crippen molar-refractivity contribution in [3.05, 3.63) is 35.1 Å². The summed E-state index contributed by atoms with van der Waals surface area (Å²) in [4.78, 5) is 26.2. The number of likely N-dealkylation sites (tertiary alicyclic amines) is 1. The van der Waals surface area contributed by atoms with E-state index >= 15 is 0 Å². The third-order valence-corrected chi connectivity index (χ3v) is 3.93. The number of nitrogens with zero attached hydrogens (tertiary/aromatic N) is 1. The van der Waals surface area contributed by atoms with Crippen LogP contribution in [0.5, 0.6) is 0 Å². The Labute approximate surface area is 129 Å². The molecule has 1 heterocycles. The second-order valence-electron chi connectivity index (χ2n) is 5.63. The maximum atomic E-state index is 13.3. The molecule has 0 aliphatic carbocycles. The number of amides is 2. The molecule has 0 spiro atoms. The van der Waals surface area contributed by atoms with Crippen LogP contribution in [0.25, 0.3) is 0 Å². The van der Waals surface area contributed by atoms with E-state index in [2.05, 4.69) is 5.32 Å². The number of rotatable bonds is 4. The van der Waals surface area contributed by atoms with E-state index in [9.17, 15) is 14.0 Å². The summed E-state index contributed by atoms with van der Waals surface area (Å²) in [5.74, 6) is -0.738. The summed E-state index contributed by atoms with van der Waals surface area (Å²) >= 11 is 0. The van der Waals surface area contributed by atoms with E-state index < -0.39 is 0 Å². The minimum Gasteiger partial charge on any atom is -0.355 e. The maximum Gasteiger partial charge on any atom is 0.253 e. The topological polar surface area (TPSA) is 75.4 Å². The van der Waals surface area contributed by atoms with E-state index in [-0.39, 0.29) is 23.5 Å². The van der Waals surface area contributed by atoms with Gasteiger partial charge in [0, 0.05) is 31.7 Å². The zero-order valence-electron chi connectivity index (χ0n) is 12.8. The van der Waals surface area contributed by atoms with Gasteiger partial charge in [-0.2, -0.15) is 0 Å². The maximum absolute atomic E-state index is 13.3. The molecule has 120 valence electrons. The van der Waals surface area contributed by atoms with Gasteiger partial charge in [-0.15, -0.1) is 0 Å². The minimum absolute atomic E-state index is 0.0572. The molecule has 3 N–H and O–H groups in total. The van der Waals surface area contributed by atoms with Crippen LogP contribution in [0.3, 0.4) is 0 Å². The molecular formula is C16H22FN3O2. The Morgan fingerprint density at radius 3 is 2.91 bits per heavy atom. The first-order valence-corrected chi connectivity index (χ1v) is 7.56. The quantitative estimate of drug-likeness (QED) is 0.873. The van der Waals surface area contributed by atoms with E-state index in [4.69, 9.17) is 5.73 Å². The Hall–Kier alpha value is -1.95. The van der Waals surface area contributed by atoms with E-state index in [0.29, 0.717) is 37.3 Å². The smallest absolute Gasteiger partial charge is 0.253 e. The second-order valence-corrected chi connectivity index (χ2v) is 5.63. The van der Waals surface area contributed by atoms with Crippen LogP contribution in [-0.4, -0.2) is 42.9 Å². The van der Waals surface area contributed by atoms with E-state index in [1.54, 1.807) is 17.9 Å². The molecule has 2 rings (SSSR count). The van der Waals surface area contributed by atoms with E-state index in [1.165, 1.54) is 12.1 Å². The van der Waals surface area contributed by atoms with Gasteiger partial charge in [-0.3, -0.25) is 9.59 Å². The van der Waals surface area contributed by atoms with Crippen molar-refractivity contribution >= 4 is 11.8 Å². The number of hydrogen-bond acceptors (Lipinski definition) is 3. The average Bonchev–Trinajstić information content (AvgIpc) is 2.54. The van der Waals surface area contributed by atoms with Crippen LogP contribution >= 0.6 is 0 Å². The molecule has 1 atom stereocenters. The number of carbonyl (C=O) groups is 2. The lowest BCUT2D eigenvalue weighted by atomic mass is 9.96. The van der Waals surface area contributed by atoms with Crippen LogP contribution in [0.15, 0.2) is 18.2 Å². The third kappa shape index (κ3) is 3.82. The Kier molecular flexibility index (Phi) is 5.49. The van der Waals surface area contributed by atoms with Crippen molar-refractivity contribution in [3.63, 3.8) is 0 Å². The van der Waals surface area contributed by atoms with Gasteiger partial charge in [-0.25, -0.2) is 4.39 Å². The highest BCUT2D eigenvalue weighted by atomic mass is 19.1. The molecule has 1 fully saturated rings. The molecule has 1 saturated heterocycles. The molecular weight excluding hydrogens is 285 g/mol. The molecule has 2 amide bonds. The van der Waals surface area contributed by atoms with Crippen LogP contribution in [0.2, 0.25) is 0 Å². The number of piperidine rings is 1. The number of halogens is 1. The van der Waals surface area contributed by atoms with Crippen LogP contribution in [0, 0.1) is 18.7 Å². The second kappa shape index (κ2) is 7.35. The fraction of sp³-hybridized carbons (Fsp3) is 0.500. The highest BCUT2D eigenvalue weighted by molar-refractivity contribution is 5.95. The van der Waals surface area contributed by atoms with Gasteiger partial charge in [0.25, 0.3) is 5.91 Å². The monoisotopic (exact) mass is 307 g/mol. The molecule has 1 aliphatic rings. The minimum atomic E-state index is -0.325. The normalized spacial score (nSPS) is 18.1. The molecule has 0 aromatic heterocycles. The summed E-state index contributed by atoms with van der Waals surface area (Å²) in [7, 11) is 0. The summed E-state index contributed by atoms with van der Waals surface area (Å²) in [6.45, 7) is 3.49. The van der Waals surface area contributed by atoms with Crippen molar-refractivity contribution in [3.8, 4) is 0 Å². The zero-order chi connectivity index (χ0) is 16.1. The van der Waals surface area contributed by atoms with Crippen molar-refractivity contribution in [2.24, 2.45) is 11.7 Å². The molecule has 1 aliphatic heterocycles. The first-order valence-electron chi connectivity index (χ1n) is 7.56. The lowest BCUT2D eigenvalue weighted by Crippen LogP contribution is -2.46. The van der Waals surface area contributed by atoms with Crippen LogP contribution < -0.4 is 11.1 Å². The van der Waals surface area contributed by atoms with Crippen LogP contribution in [0.4, 0.5) is 4.39 Å². The van der Waals surface area contributed by atoms with Crippen molar-refractivity contribution in [2.45, 2.75) is 19.8 Å². The predicted molar refractivity (Wildman–Crippen MR) is 81.8 cm³/mol. The highest BCUT2D eigenvalue weighted by Crippen LogP contribution is 2.20. The van der Waals surface area contributed by atoms with Crippen LogP contribution in [-0.2, 0) is 4.79 Å². The van der Waals surface area contributed by atoms with Gasteiger partial charge in [0.05, 0.1) is 5.92 Å². The van der Waals surface area contributed by atoms with E-state index in [0.717, 1.165) is 12.8 Å². The Morgan fingerprint density at radius 1 is 1.45 bits per heavy atom. The van der Waals surface area contributed by atoms with Gasteiger partial charge in [-0.05, 0) is 43.5 Å². The Morgan fingerprint density at radius 2 is 2.23 bits per heavy atom. The summed E-state index contributed by atoms with van der Waals surface area (Å²) in [6, 6.07) is 4.34. The fourth-order valence-electron chi connectivity index (χ4n) is 2.68. The summed E-state index contributed by atoms with van der Waals surface area (Å²) in [6.07, 6.45) is 1.55. The summed E-state index contributed by atoms with van der Waals surface area (Å²) < 4.78 is 13.3. The first kappa shape index (κ1) is 16.4. The molecule has 0 bridgehead atoms. The predicted octanol–water partition coefficient (Wildman–Crippen LogP) is 1.06. The van der Waals surface area contributed by atoms with Gasteiger partial charge in [0.1, 0.15) is 5.82 Å². The number of nitrogens with one attached hydrogen (secondary N) is 1. The molecule has 0 radical (unpaired) electrons. The van der Waals surface area contributed by atoms with Crippen molar-refractivity contribution in [1.29, 1.82) is 0 Å². The molecule has 0 saturated carbocycles. The van der Waals surface area contributed by atoms with Crippen LogP contribution in [0.1, 0.15) is 28.8 Å². The molecule has 1 aromatic carbocycles. The summed E-state index contributed by atoms with van der Waals surface area (Å²) in [5, 5.41) is 2.77. The third-order valence-electron chi connectivity index (χ3n) is 3.93. The highest BCUT2D eigenvalue weighted by Gasteiger charge is 2.28. The standard InChI is InChI=1S/C16H22FN3O2/c1-11-9-12(4-5-14(11)17)16(22)20-8-2-3-13(10-20)15(21)19-7-6-18/h4-5,9,13H,2-3,6-8,10,18H2,1H3,(H,19,21). The van der Waals surface area contributed by atoms with Crippen molar-refractivity contribution in [1.82, 2.24) is 10.2 Å². The molecule has 1 aromatic rings. The van der Waals surface area contributed by atoms with Gasteiger partial charge >= 0.3 is 0 Å². The molecule has 1 unspecified atom stereocenters. The number of nitrogens with two attached hydrogens (primary N) is 1. The molecule has 5 nitrogen and oxygen atoms in total. The Bertz CT molecular complexity index is 562. The number of hydrogen-bond donors (Lipinski definition) is 2. The van der Waals surface area contributed by atoms with Gasteiger partial charge in [0.2, 0.25) is 5.91 Å². The molecule has 6 heteroatoms. The van der Waals surface area contributed by atoms with Gasteiger partial charge in [0.15, 0.2) is 0 Å². The molecule has 22 heavy (non-hydrogen) atoms. The van der Waals surface area contributed by atoms with E-state index in [1.807, 2.05) is 0 Å². The van der Waals surface area contributed by atoms with Gasteiger partial charge in [-0.1, -0.05) is 0 Å². The summed E-state index contributed by atoms with van der Waals surface area (Å²) in [5.41, 5.74) is 6.28. The number of aryl methyl sites for hydroxylation is 1. The lowest BCUT2D eigenvalue weighted by Gasteiger charge is -2.32. The Balaban J connectivity index is 2.03. The fourth-order valence-corrected chi connectivity index (χ4v) is 2.68. The van der Waals surface area contributed by atoms with Crippen molar-refractivity contribution < 1.29 is 14.0 Å². The number of benzene rings is 1. The lowest BCUT2D eigenvalue weighted by molar-refractivity contribution is -0.126. The first-order chi connectivity index (χ1) is 10.5. The number of carbonyl (C=O) groups excluding carboxylic acids is 2. The SMILES string of the molecule is Cc1cc(C(=O)N2CCCC(C(=O)NCCN)C2)ccc1F.